The van der Waals surface area contributed by atoms with Crippen LogP contribution >= 0.6 is 0 Å². The molecule has 3 atom stereocenters. The van der Waals surface area contributed by atoms with Crippen LogP contribution in [-0.2, 0) is 19.1 Å². The minimum Gasteiger partial charge on any atom is -0.466 e. The molecular formula is C9H10O5. The van der Waals surface area contributed by atoms with Crippen molar-refractivity contribution in [3.8, 4) is 0 Å². The zero-order valence-corrected chi connectivity index (χ0v) is 7.81. The van der Waals surface area contributed by atoms with E-state index in [2.05, 4.69) is 4.74 Å². The Morgan fingerprint density at radius 3 is 2.93 bits per heavy atom. The van der Waals surface area contributed by atoms with E-state index in [0.29, 0.717) is 0 Å². The van der Waals surface area contributed by atoms with Crippen LogP contribution in [0.3, 0.4) is 0 Å². The molecule has 2 rings (SSSR count). The average molecular weight is 198 g/mol. The van der Waals surface area contributed by atoms with Crippen molar-refractivity contribution in [1.82, 2.24) is 0 Å². The molecule has 1 heterocycles. The number of methoxy groups -OCH3 is 1. The number of ketones is 1. The van der Waals surface area contributed by atoms with Crippen LogP contribution in [0, 0.1) is 0 Å². The van der Waals surface area contributed by atoms with Gasteiger partial charge < -0.3 is 14.6 Å². The second-order valence-corrected chi connectivity index (χ2v) is 3.65. The van der Waals surface area contributed by atoms with Crippen LogP contribution in [-0.4, -0.2) is 41.3 Å². The molecule has 1 saturated heterocycles. The first kappa shape index (κ1) is 9.36. The lowest BCUT2D eigenvalue weighted by atomic mass is 9.84. The highest BCUT2D eigenvalue weighted by Crippen LogP contribution is 2.48. The van der Waals surface area contributed by atoms with E-state index >= 15 is 0 Å². The molecule has 0 radical (unpaired) electrons. The molecule has 0 aromatic rings. The van der Waals surface area contributed by atoms with Crippen molar-refractivity contribution in [2.75, 3.05) is 7.11 Å². The van der Waals surface area contributed by atoms with Gasteiger partial charge in [0.15, 0.2) is 0 Å². The van der Waals surface area contributed by atoms with Crippen molar-refractivity contribution in [3.05, 3.63) is 12.2 Å². The summed E-state index contributed by atoms with van der Waals surface area (Å²) in [7, 11) is 1.18. The Bertz CT molecular complexity index is 343. The largest absolute Gasteiger partial charge is 0.466 e. The normalized spacial score (nSPS) is 44.5. The van der Waals surface area contributed by atoms with E-state index in [0.717, 1.165) is 6.08 Å². The van der Waals surface area contributed by atoms with Gasteiger partial charge in [0.25, 0.3) is 5.60 Å². The van der Waals surface area contributed by atoms with E-state index < -0.39 is 29.1 Å². The maximum absolute atomic E-state index is 11.4. The summed E-state index contributed by atoms with van der Waals surface area (Å²) in [6.45, 7) is 1.48. The highest BCUT2D eigenvalue weighted by molar-refractivity contribution is 6.16. The maximum atomic E-state index is 11.4. The summed E-state index contributed by atoms with van der Waals surface area (Å²) in [5, 5.41) is 9.74. The lowest BCUT2D eigenvalue weighted by molar-refractivity contribution is -0.150. The smallest absolute Gasteiger partial charge is 0.349 e. The summed E-state index contributed by atoms with van der Waals surface area (Å²) >= 11 is 0. The second-order valence-electron chi connectivity index (χ2n) is 3.65. The van der Waals surface area contributed by atoms with Crippen molar-refractivity contribution >= 4 is 11.8 Å². The first-order valence-corrected chi connectivity index (χ1v) is 4.17. The average Bonchev–Trinajstić information content (AvgIpc) is 2.89. The van der Waals surface area contributed by atoms with Crippen LogP contribution in [0.25, 0.3) is 0 Å². The van der Waals surface area contributed by atoms with E-state index in [9.17, 15) is 14.7 Å². The predicted octanol–water partition coefficient (Wildman–Crippen LogP) is -0.813. The topological polar surface area (TPSA) is 76.1 Å². The van der Waals surface area contributed by atoms with E-state index in [-0.39, 0.29) is 0 Å². The number of esters is 1. The summed E-state index contributed by atoms with van der Waals surface area (Å²) in [6, 6.07) is 0. The van der Waals surface area contributed by atoms with Crippen LogP contribution in [0.2, 0.25) is 0 Å². The Kier molecular flexibility index (Phi) is 1.62. The molecule has 1 aliphatic heterocycles. The number of hydrogen-bond donors (Lipinski definition) is 1. The van der Waals surface area contributed by atoms with Gasteiger partial charge in [0.1, 0.15) is 11.7 Å². The summed E-state index contributed by atoms with van der Waals surface area (Å²) in [6.07, 6.45) is 1.66. The molecule has 0 amide bonds. The minimum atomic E-state index is -1.59. The quantitative estimate of drug-likeness (QED) is 0.338. The van der Waals surface area contributed by atoms with Crippen LogP contribution < -0.4 is 0 Å². The Hall–Kier alpha value is -1.20. The molecule has 0 aromatic heterocycles. The molecule has 1 N–H and O–H groups in total. The maximum Gasteiger partial charge on any atom is 0.349 e. The third kappa shape index (κ3) is 0.908. The zero-order valence-electron chi connectivity index (χ0n) is 7.81. The molecule has 1 aliphatic carbocycles. The number of ether oxygens (including phenoxy) is 2. The Labute approximate surface area is 80.3 Å². The second kappa shape index (κ2) is 2.43. The first-order valence-electron chi connectivity index (χ1n) is 4.17. The van der Waals surface area contributed by atoms with Crippen molar-refractivity contribution in [1.29, 1.82) is 0 Å². The summed E-state index contributed by atoms with van der Waals surface area (Å²) in [5.74, 6) is -1.22. The van der Waals surface area contributed by atoms with Crippen molar-refractivity contribution in [2.24, 2.45) is 0 Å². The van der Waals surface area contributed by atoms with Gasteiger partial charge in [0.05, 0.1) is 7.11 Å². The molecule has 0 spiro atoms. The van der Waals surface area contributed by atoms with Gasteiger partial charge in [-0.05, 0) is 19.1 Å². The molecule has 5 heteroatoms. The highest BCUT2D eigenvalue weighted by atomic mass is 16.7. The molecule has 5 nitrogen and oxygen atoms in total. The van der Waals surface area contributed by atoms with Crippen LogP contribution in [0.4, 0.5) is 0 Å². The number of carbonyl (C=O) groups is 2. The summed E-state index contributed by atoms with van der Waals surface area (Å²) < 4.78 is 9.48. The fourth-order valence-corrected chi connectivity index (χ4v) is 1.73. The van der Waals surface area contributed by atoms with Gasteiger partial charge in [-0.2, -0.15) is 0 Å². The molecule has 2 aliphatic rings. The number of aliphatic hydroxyl groups is 1. The standard InChI is InChI=1S/C9H10O5/c1-8(12)4-3-5(10)9(6(8)14-9)7(11)13-2/h3-4,6,12H,1-2H3/t6-,8-,9+/m1/s1. The number of epoxide rings is 1. The van der Waals surface area contributed by atoms with E-state index in [1.807, 2.05) is 0 Å². The number of carbonyl (C=O) groups excluding carboxylic acids is 2. The molecular weight excluding hydrogens is 188 g/mol. The molecule has 76 valence electrons. The van der Waals surface area contributed by atoms with Gasteiger partial charge in [-0.25, -0.2) is 4.79 Å². The third-order valence-corrected chi connectivity index (χ3v) is 2.57. The van der Waals surface area contributed by atoms with Crippen LogP contribution in [0.15, 0.2) is 12.2 Å². The fraction of sp³-hybridized carbons (Fsp3) is 0.556. The van der Waals surface area contributed by atoms with Crippen molar-refractivity contribution < 1.29 is 24.2 Å². The third-order valence-electron chi connectivity index (χ3n) is 2.57. The lowest BCUT2D eigenvalue weighted by Crippen LogP contribution is -2.46. The van der Waals surface area contributed by atoms with Gasteiger partial charge in [-0.3, -0.25) is 4.79 Å². The highest BCUT2D eigenvalue weighted by Gasteiger charge is 2.75. The van der Waals surface area contributed by atoms with Crippen molar-refractivity contribution in [2.45, 2.75) is 24.2 Å². The van der Waals surface area contributed by atoms with Crippen LogP contribution in [0.1, 0.15) is 6.92 Å². The van der Waals surface area contributed by atoms with Gasteiger partial charge in [0, 0.05) is 0 Å². The predicted molar refractivity (Wildman–Crippen MR) is 44.4 cm³/mol. The molecule has 0 bridgehead atoms. The van der Waals surface area contributed by atoms with Crippen LogP contribution in [0.5, 0.6) is 0 Å². The van der Waals surface area contributed by atoms with E-state index in [1.165, 1.54) is 20.1 Å². The molecule has 14 heavy (non-hydrogen) atoms. The molecule has 0 saturated carbocycles. The monoisotopic (exact) mass is 198 g/mol. The molecule has 0 aromatic carbocycles. The Morgan fingerprint density at radius 1 is 1.71 bits per heavy atom. The zero-order chi connectivity index (χ0) is 10.6. The Balaban J connectivity index is 2.39. The number of rotatable bonds is 1. The van der Waals surface area contributed by atoms with Gasteiger partial charge in [0.2, 0.25) is 5.78 Å². The van der Waals surface area contributed by atoms with Crippen molar-refractivity contribution in [3.63, 3.8) is 0 Å². The van der Waals surface area contributed by atoms with E-state index in [1.54, 1.807) is 0 Å². The Morgan fingerprint density at radius 2 is 2.36 bits per heavy atom. The SMILES string of the molecule is COC(=O)[C@@]12O[C@@H]1[C@](C)(O)C=CC2=O. The summed E-state index contributed by atoms with van der Waals surface area (Å²) in [4.78, 5) is 22.7. The van der Waals surface area contributed by atoms with Gasteiger partial charge >= 0.3 is 5.97 Å². The summed E-state index contributed by atoms with van der Waals surface area (Å²) in [5.41, 5.74) is -2.88. The van der Waals surface area contributed by atoms with Gasteiger partial charge in [-0.15, -0.1) is 0 Å². The minimum absolute atomic E-state index is 0.471. The van der Waals surface area contributed by atoms with E-state index in [4.69, 9.17) is 4.74 Å². The van der Waals surface area contributed by atoms with Gasteiger partial charge in [-0.1, -0.05) is 0 Å². The molecule has 1 fully saturated rings. The number of hydrogen-bond acceptors (Lipinski definition) is 5. The molecule has 0 unspecified atom stereocenters. The number of fused-ring (bicyclic) bond motifs is 1. The first-order chi connectivity index (χ1) is 6.45. The lowest BCUT2D eigenvalue weighted by Gasteiger charge is -2.21. The fourth-order valence-electron chi connectivity index (χ4n) is 1.73.